The zero-order valence-corrected chi connectivity index (χ0v) is 8.67. The molecule has 0 spiro atoms. The summed E-state index contributed by atoms with van der Waals surface area (Å²) in [5.74, 6) is -1.20. The second kappa shape index (κ2) is 4.47. The number of urea groups is 1. The number of nitrogens with one attached hydrogen (secondary N) is 1. The van der Waals surface area contributed by atoms with Crippen LogP contribution in [0.15, 0.2) is 18.2 Å². The summed E-state index contributed by atoms with van der Waals surface area (Å²) in [6, 6.07) is 2.61. The Balaban J connectivity index is 2.07. The molecule has 16 heavy (non-hydrogen) atoms. The number of carbonyl (C=O) groups excluding carboxylic acids is 1. The van der Waals surface area contributed by atoms with E-state index in [-0.39, 0.29) is 11.7 Å². The van der Waals surface area contributed by atoms with E-state index >= 15 is 0 Å². The van der Waals surface area contributed by atoms with Gasteiger partial charge in [0, 0.05) is 19.2 Å². The number of anilines is 1. The second-order valence-corrected chi connectivity index (χ2v) is 3.75. The van der Waals surface area contributed by atoms with Crippen molar-refractivity contribution in [2.45, 2.75) is 12.8 Å². The molecule has 1 N–H and O–H groups in total. The van der Waals surface area contributed by atoms with Crippen LogP contribution < -0.4 is 5.32 Å². The van der Waals surface area contributed by atoms with E-state index in [1.165, 1.54) is 0 Å². The number of likely N-dealkylation sites (tertiary alicyclic amines) is 1. The molecule has 3 nitrogen and oxygen atoms in total. The minimum absolute atomic E-state index is 0.114. The van der Waals surface area contributed by atoms with Crippen molar-refractivity contribution in [3.05, 3.63) is 29.8 Å². The predicted octanol–water partition coefficient (Wildman–Crippen LogP) is 2.59. The highest BCUT2D eigenvalue weighted by Gasteiger charge is 2.18. The molecule has 1 fully saturated rings. The maximum Gasteiger partial charge on any atom is 0.321 e. The van der Waals surface area contributed by atoms with Crippen LogP contribution in [0.3, 0.4) is 0 Å². The van der Waals surface area contributed by atoms with Crippen molar-refractivity contribution in [2.24, 2.45) is 0 Å². The highest BCUT2D eigenvalue weighted by molar-refractivity contribution is 5.89. The van der Waals surface area contributed by atoms with Gasteiger partial charge in [-0.3, -0.25) is 0 Å². The molecule has 5 heteroatoms. The van der Waals surface area contributed by atoms with E-state index in [2.05, 4.69) is 5.32 Å². The first kappa shape index (κ1) is 10.9. The summed E-state index contributed by atoms with van der Waals surface area (Å²) in [6.45, 7) is 1.34. The van der Waals surface area contributed by atoms with Crippen molar-refractivity contribution >= 4 is 11.7 Å². The number of rotatable bonds is 1. The molecule has 1 aliphatic rings. The molecule has 0 unspecified atom stereocenters. The molecule has 1 saturated heterocycles. The molecular weight excluding hydrogens is 214 g/mol. The van der Waals surface area contributed by atoms with Crippen LogP contribution in [-0.2, 0) is 0 Å². The summed E-state index contributed by atoms with van der Waals surface area (Å²) in [5, 5.41) is 2.36. The van der Waals surface area contributed by atoms with Crippen LogP contribution in [-0.4, -0.2) is 24.0 Å². The quantitative estimate of drug-likeness (QED) is 0.784. The maximum atomic E-state index is 13.2. The van der Waals surface area contributed by atoms with Crippen molar-refractivity contribution in [3.8, 4) is 0 Å². The lowest BCUT2D eigenvalue weighted by Gasteiger charge is -2.16. The van der Waals surface area contributed by atoms with Crippen molar-refractivity contribution in [1.82, 2.24) is 4.90 Å². The van der Waals surface area contributed by atoms with E-state index in [0.29, 0.717) is 13.1 Å². The number of amides is 2. The number of nitrogens with zero attached hydrogens (tertiary/aromatic N) is 1. The van der Waals surface area contributed by atoms with Gasteiger partial charge in [-0.05, 0) is 25.0 Å². The van der Waals surface area contributed by atoms with Gasteiger partial charge in [-0.1, -0.05) is 0 Å². The molecule has 0 radical (unpaired) electrons. The summed E-state index contributed by atoms with van der Waals surface area (Å²) >= 11 is 0. The average Bonchev–Trinajstić information content (AvgIpc) is 2.76. The fourth-order valence-corrected chi connectivity index (χ4v) is 1.71. The van der Waals surface area contributed by atoms with Gasteiger partial charge >= 0.3 is 6.03 Å². The van der Waals surface area contributed by atoms with Crippen molar-refractivity contribution in [2.75, 3.05) is 18.4 Å². The lowest BCUT2D eigenvalue weighted by Crippen LogP contribution is -2.32. The van der Waals surface area contributed by atoms with Gasteiger partial charge in [0.05, 0.1) is 5.69 Å². The molecule has 0 atom stereocenters. The Labute approximate surface area is 92.1 Å². The average molecular weight is 226 g/mol. The normalized spacial score (nSPS) is 15.2. The molecule has 86 valence electrons. The van der Waals surface area contributed by atoms with Crippen molar-refractivity contribution < 1.29 is 13.6 Å². The fourth-order valence-electron chi connectivity index (χ4n) is 1.71. The number of hydrogen-bond donors (Lipinski definition) is 1. The van der Waals surface area contributed by atoms with Crippen molar-refractivity contribution in [1.29, 1.82) is 0 Å². The molecule has 0 saturated carbocycles. The Morgan fingerprint density at radius 2 is 1.94 bits per heavy atom. The second-order valence-electron chi connectivity index (χ2n) is 3.75. The van der Waals surface area contributed by atoms with Crippen LogP contribution in [0.4, 0.5) is 19.3 Å². The molecular formula is C11H12F2N2O. The first-order valence-electron chi connectivity index (χ1n) is 5.18. The largest absolute Gasteiger partial charge is 0.325 e. The lowest BCUT2D eigenvalue weighted by molar-refractivity contribution is 0.222. The van der Waals surface area contributed by atoms with Gasteiger partial charge in [0.25, 0.3) is 0 Å². The minimum Gasteiger partial charge on any atom is -0.325 e. The summed E-state index contributed by atoms with van der Waals surface area (Å²) in [6.07, 6.45) is 1.91. The van der Waals surface area contributed by atoms with Crippen LogP contribution in [0.25, 0.3) is 0 Å². The topological polar surface area (TPSA) is 32.3 Å². The van der Waals surface area contributed by atoms with Crippen LogP contribution in [0.5, 0.6) is 0 Å². The molecule has 2 amide bonds. The molecule has 1 heterocycles. The van der Waals surface area contributed by atoms with Crippen LogP contribution in [0.1, 0.15) is 12.8 Å². The van der Waals surface area contributed by atoms with E-state index in [1.54, 1.807) is 4.90 Å². The van der Waals surface area contributed by atoms with E-state index in [1.807, 2.05) is 0 Å². The highest BCUT2D eigenvalue weighted by atomic mass is 19.1. The SMILES string of the molecule is O=C(Nc1cc(F)ccc1F)N1CCCC1. The minimum atomic E-state index is -0.631. The summed E-state index contributed by atoms with van der Waals surface area (Å²) in [7, 11) is 0. The molecule has 0 aromatic heterocycles. The number of carbonyl (C=O) groups is 1. The van der Waals surface area contributed by atoms with E-state index < -0.39 is 11.6 Å². The third-order valence-corrected chi connectivity index (χ3v) is 2.56. The third-order valence-electron chi connectivity index (χ3n) is 2.56. The Bertz CT molecular complexity index is 403. The fraction of sp³-hybridized carbons (Fsp3) is 0.364. The summed E-state index contributed by atoms with van der Waals surface area (Å²) < 4.78 is 26.1. The highest BCUT2D eigenvalue weighted by Crippen LogP contribution is 2.17. The number of benzene rings is 1. The van der Waals surface area contributed by atoms with Crippen LogP contribution >= 0.6 is 0 Å². The molecule has 2 rings (SSSR count). The van der Waals surface area contributed by atoms with Gasteiger partial charge < -0.3 is 10.2 Å². The standard InChI is InChI=1S/C11H12F2N2O/c12-8-3-4-9(13)10(7-8)14-11(16)15-5-1-2-6-15/h3-4,7H,1-2,5-6H2,(H,14,16). The zero-order chi connectivity index (χ0) is 11.5. The zero-order valence-electron chi connectivity index (χ0n) is 8.67. The molecule has 1 aromatic carbocycles. The molecule has 0 aliphatic carbocycles. The van der Waals surface area contributed by atoms with Gasteiger partial charge in [-0.15, -0.1) is 0 Å². The van der Waals surface area contributed by atoms with Gasteiger partial charge in [-0.25, -0.2) is 13.6 Å². The third kappa shape index (κ3) is 2.29. The van der Waals surface area contributed by atoms with Crippen LogP contribution in [0.2, 0.25) is 0 Å². The van der Waals surface area contributed by atoms with Gasteiger partial charge in [0.15, 0.2) is 0 Å². The molecule has 1 aromatic rings. The van der Waals surface area contributed by atoms with E-state index in [0.717, 1.165) is 31.0 Å². The smallest absolute Gasteiger partial charge is 0.321 e. The van der Waals surface area contributed by atoms with Gasteiger partial charge in [0.1, 0.15) is 11.6 Å². The Morgan fingerprint density at radius 3 is 2.62 bits per heavy atom. The van der Waals surface area contributed by atoms with Crippen LogP contribution in [0, 0.1) is 11.6 Å². The van der Waals surface area contributed by atoms with E-state index in [9.17, 15) is 13.6 Å². The van der Waals surface area contributed by atoms with Gasteiger partial charge in [0.2, 0.25) is 0 Å². The van der Waals surface area contributed by atoms with E-state index in [4.69, 9.17) is 0 Å². The lowest BCUT2D eigenvalue weighted by atomic mass is 10.3. The summed E-state index contributed by atoms with van der Waals surface area (Å²) in [5.41, 5.74) is -0.114. The Kier molecular flexibility index (Phi) is 3.03. The first-order chi connectivity index (χ1) is 7.66. The maximum absolute atomic E-state index is 13.2. The first-order valence-corrected chi connectivity index (χ1v) is 5.18. The summed E-state index contributed by atoms with van der Waals surface area (Å²) in [4.78, 5) is 13.2. The number of hydrogen-bond acceptors (Lipinski definition) is 1. The monoisotopic (exact) mass is 226 g/mol. The molecule has 1 aliphatic heterocycles. The molecule has 0 bridgehead atoms. The van der Waals surface area contributed by atoms with Crippen molar-refractivity contribution in [3.63, 3.8) is 0 Å². The Hall–Kier alpha value is -1.65. The van der Waals surface area contributed by atoms with Gasteiger partial charge in [-0.2, -0.15) is 0 Å². The number of halogens is 2. The Morgan fingerprint density at radius 1 is 1.25 bits per heavy atom. The predicted molar refractivity (Wildman–Crippen MR) is 56.2 cm³/mol.